The number of halogens is 1. The third-order valence-corrected chi connectivity index (χ3v) is 4.47. The molecule has 2 heterocycles. The zero-order chi connectivity index (χ0) is 12.5. The minimum Gasteiger partial charge on any atom is -0.357 e. The van der Waals surface area contributed by atoms with Gasteiger partial charge in [-0.1, -0.05) is 11.6 Å². The lowest BCUT2D eigenvalue weighted by Gasteiger charge is -2.28. The standard InChI is InChI=1S/C9H13ClN4O2S/c1-11-9-12-6-7(10)8(13-9)14-2-4-17(15,16)5-3-14/h6H,2-5H2,1H3,(H,11,12,13). The van der Waals surface area contributed by atoms with E-state index >= 15 is 0 Å². The van der Waals surface area contributed by atoms with E-state index in [4.69, 9.17) is 11.6 Å². The largest absolute Gasteiger partial charge is 0.357 e. The quantitative estimate of drug-likeness (QED) is 0.843. The number of nitrogens with zero attached hydrogens (tertiary/aromatic N) is 3. The minimum absolute atomic E-state index is 0.141. The topological polar surface area (TPSA) is 75.2 Å². The molecule has 17 heavy (non-hydrogen) atoms. The predicted octanol–water partition coefficient (Wildman–Crippen LogP) is 0.406. The van der Waals surface area contributed by atoms with Gasteiger partial charge in [-0.15, -0.1) is 0 Å². The molecule has 0 aromatic carbocycles. The molecule has 0 unspecified atom stereocenters. The van der Waals surface area contributed by atoms with E-state index in [1.54, 1.807) is 7.05 Å². The van der Waals surface area contributed by atoms with Crippen LogP contribution in [0.3, 0.4) is 0 Å². The van der Waals surface area contributed by atoms with Crippen molar-refractivity contribution in [2.75, 3.05) is 41.9 Å². The van der Waals surface area contributed by atoms with Gasteiger partial charge in [0.25, 0.3) is 0 Å². The third kappa shape index (κ3) is 2.78. The second kappa shape index (κ2) is 4.66. The van der Waals surface area contributed by atoms with Crippen molar-refractivity contribution in [3.05, 3.63) is 11.2 Å². The van der Waals surface area contributed by atoms with Gasteiger partial charge in [0.2, 0.25) is 5.95 Å². The van der Waals surface area contributed by atoms with Crippen LogP contribution < -0.4 is 10.2 Å². The van der Waals surface area contributed by atoms with E-state index in [-0.39, 0.29) is 11.5 Å². The summed E-state index contributed by atoms with van der Waals surface area (Å²) in [6.45, 7) is 0.838. The molecule has 0 radical (unpaired) electrons. The number of rotatable bonds is 2. The summed E-state index contributed by atoms with van der Waals surface area (Å²) in [6, 6.07) is 0. The monoisotopic (exact) mass is 276 g/mol. The summed E-state index contributed by atoms with van der Waals surface area (Å²) in [7, 11) is -1.18. The van der Waals surface area contributed by atoms with Crippen LogP contribution in [-0.4, -0.2) is 50.0 Å². The van der Waals surface area contributed by atoms with E-state index < -0.39 is 9.84 Å². The fraction of sp³-hybridized carbons (Fsp3) is 0.556. The minimum atomic E-state index is -2.90. The molecule has 1 aliphatic rings. The van der Waals surface area contributed by atoms with E-state index in [2.05, 4.69) is 15.3 Å². The fourth-order valence-corrected chi connectivity index (χ4v) is 3.04. The van der Waals surface area contributed by atoms with Crippen molar-refractivity contribution in [3.8, 4) is 0 Å². The molecule has 94 valence electrons. The Morgan fingerprint density at radius 2 is 2.06 bits per heavy atom. The van der Waals surface area contributed by atoms with E-state index in [9.17, 15) is 8.42 Å². The average Bonchev–Trinajstić information content (AvgIpc) is 2.30. The van der Waals surface area contributed by atoms with Crippen LogP contribution in [-0.2, 0) is 9.84 Å². The maximum atomic E-state index is 11.3. The molecule has 0 aliphatic carbocycles. The Hall–Kier alpha value is -1.08. The molecular weight excluding hydrogens is 264 g/mol. The highest BCUT2D eigenvalue weighted by Gasteiger charge is 2.24. The summed E-state index contributed by atoms with van der Waals surface area (Å²) in [6.07, 6.45) is 1.51. The van der Waals surface area contributed by atoms with Gasteiger partial charge in [0, 0.05) is 20.1 Å². The average molecular weight is 277 g/mol. The molecule has 1 saturated heterocycles. The van der Waals surface area contributed by atoms with Crippen LogP contribution in [0.15, 0.2) is 6.20 Å². The van der Waals surface area contributed by atoms with Crippen LogP contribution in [0.5, 0.6) is 0 Å². The molecule has 0 spiro atoms. The predicted molar refractivity (Wildman–Crippen MR) is 67.5 cm³/mol. The summed E-state index contributed by atoms with van der Waals surface area (Å²) in [4.78, 5) is 10.1. The van der Waals surface area contributed by atoms with Crippen LogP contribution in [0.1, 0.15) is 0 Å². The number of hydrogen-bond donors (Lipinski definition) is 1. The van der Waals surface area contributed by atoms with Crippen LogP contribution >= 0.6 is 11.6 Å². The first kappa shape index (κ1) is 12.4. The van der Waals surface area contributed by atoms with Gasteiger partial charge in [-0.05, 0) is 0 Å². The summed E-state index contributed by atoms with van der Waals surface area (Å²) in [5.41, 5.74) is 0. The highest BCUT2D eigenvalue weighted by molar-refractivity contribution is 7.91. The highest BCUT2D eigenvalue weighted by atomic mass is 35.5. The second-order valence-electron chi connectivity index (χ2n) is 3.75. The van der Waals surface area contributed by atoms with E-state index in [0.717, 1.165) is 0 Å². The Balaban J connectivity index is 2.23. The molecule has 1 aliphatic heterocycles. The van der Waals surface area contributed by atoms with Crippen LogP contribution in [0.4, 0.5) is 11.8 Å². The fourth-order valence-electron chi connectivity index (χ4n) is 1.62. The van der Waals surface area contributed by atoms with Crippen molar-refractivity contribution >= 4 is 33.2 Å². The van der Waals surface area contributed by atoms with Crippen molar-refractivity contribution in [2.24, 2.45) is 0 Å². The zero-order valence-corrected chi connectivity index (χ0v) is 10.9. The molecule has 0 atom stereocenters. The van der Waals surface area contributed by atoms with Crippen LogP contribution in [0, 0.1) is 0 Å². The van der Waals surface area contributed by atoms with E-state index in [0.29, 0.717) is 29.9 Å². The van der Waals surface area contributed by atoms with Crippen molar-refractivity contribution in [3.63, 3.8) is 0 Å². The van der Waals surface area contributed by atoms with Gasteiger partial charge < -0.3 is 10.2 Å². The van der Waals surface area contributed by atoms with E-state index in [1.807, 2.05) is 4.90 Å². The van der Waals surface area contributed by atoms with Gasteiger partial charge in [0.15, 0.2) is 15.7 Å². The van der Waals surface area contributed by atoms with Crippen molar-refractivity contribution < 1.29 is 8.42 Å². The van der Waals surface area contributed by atoms with Crippen LogP contribution in [0.2, 0.25) is 5.02 Å². The van der Waals surface area contributed by atoms with Gasteiger partial charge in [-0.3, -0.25) is 0 Å². The SMILES string of the molecule is CNc1ncc(Cl)c(N2CCS(=O)(=O)CC2)n1. The Morgan fingerprint density at radius 1 is 1.41 bits per heavy atom. The van der Waals surface area contributed by atoms with Gasteiger partial charge in [-0.2, -0.15) is 4.98 Å². The molecule has 0 amide bonds. The lowest BCUT2D eigenvalue weighted by atomic mass is 10.4. The molecular formula is C9H13ClN4O2S. The summed E-state index contributed by atoms with van der Waals surface area (Å²) in [5, 5.41) is 3.26. The Labute approximate surface area is 105 Å². The van der Waals surface area contributed by atoms with Gasteiger partial charge >= 0.3 is 0 Å². The molecule has 0 bridgehead atoms. The van der Waals surface area contributed by atoms with Gasteiger partial charge in [-0.25, -0.2) is 13.4 Å². The number of aromatic nitrogens is 2. The first-order valence-corrected chi connectivity index (χ1v) is 7.37. The molecule has 1 aromatic rings. The molecule has 8 heteroatoms. The zero-order valence-electron chi connectivity index (χ0n) is 9.35. The Bertz CT molecular complexity index is 506. The first-order valence-electron chi connectivity index (χ1n) is 5.17. The van der Waals surface area contributed by atoms with Gasteiger partial charge in [0.1, 0.15) is 5.02 Å². The highest BCUT2D eigenvalue weighted by Crippen LogP contribution is 2.24. The lowest BCUT2D eigenvalue weighted by Crippen LogP contribution is -2.40. The van der Waals surface area contributed by atoms with Crippen LogP contribution in [0.25, 0.3) is 0 Å². The lowest BCUT2D eigenvalue weighted by molar-refractivity contribution is 0.586. The smallest absolute Gasteiger partial charge is 0.224 e. The van der Waals surface area contributed by atoms with Crippen molar-refractivity contribution in [1.82, 2.24) is 9.97 Å². The second-order valence-corrected chi connectivity index (χ2v) is 6.46. The van der Waals surface area contributed by atoms with Crippen molar-refractivity contribution in [2.45, 2.75) is 0 Å². The third-order valence-electron chi connectivity index (χ3n) is 2.59. The number of sulfone groups is 1. The number of anilines is 2. The van der Waals surface area contributed by atoms with E-state index in [1.165, 1.54) is 6.20 Å². The summed E-state index contributed by atoms with van der Waals surface area (Å²) >= 11 is 6.01. The normalized spacial score (nSPS) is 19.1. The molecule has 6 nitrogen and oxygen atoms in total. The first-order chi connectivity index (χ1) is 8.02. The maximum Gasteiger partial charge on any atom is 0.224 e. The van der Waals surface area contributed by atoms with Crippen molar-refractivity contribution in [1.29, 1.82) is 0 Å². The Kier molecular flexibility index (Phi) is 3.39. The number of nitrogens with one attached hydrogen (secondary N) is 1. The maximum absolute atomic E-state index is 11.3. The molecule has 2 rings (SSSR count). The molecule has 1 aromatic heterocycles. The molecule has 1 fully saturated rings. The Morgan fingerprint density at radius 3 is 2.65 bits per heavy atom. The molecule has 1 N–H and O–H groups in total. The summed E-state index contributed by atoms with van der Waals surface area (Å²) in [5.74, 6) is 1.34. The number of hydrogen-bond acceptors (Lipinski definition) is 6. The summed E-state index contributed by atoms with van der Waals surface area (Å²) < 4.78 is 22.7. The molecule has 0 saturated carbocycles. The van der Waals surface area contributed by atoms with Gasteiger partial charge in [0.05, 0.1) is 17.7 Å².